The minimum atomic E-state index is -1.00. The molecule has 4 atom stereocenters. The minimum Gasteiger partial charge on any atom is -0.382 e. The van der Waals surface area contributed by atoms with Gasteiger partial charge in [-0.1, -0.05) is 0 Å². The van der Waals surface area contributed by atoms with E-state index in [4.69, 9.17) is 18.9 Å². The first-order valence-corrected chi connectivity index (χ1v) is 7.03. The fraction of sp³-hybridized carbons (Fsp3) is 0.692. The molecule has 0 bridgehead atoms. The molecule has 0 radical (unpaired) electrons. The Morgan fingerprint density at radius 2 is 1.88 bits per heavy atom. The molecule has 0 N–H and O–H groups in total. The fourth-order valence-corrected chi connectivity index (χ4v) is 2.75. The maximum atomic E-state index is 12.4. The summed E-state index contributed by atoms with van der Waals surface area (Å²) in [6, 6.07) is 0. The molecule has 0 spiro atoms. The maximum absolute atomic E-state index is 12.4. The van der Waals surface area contributed by atoms with Crippen molar-refractivity contribution in [3.8, 4) is 0 Å². The number of ether oxygens (including phenoxy) is 4. The highest BCUT2D eigenvalue weighted by Crippen LogP contribution is 2.32. The maximum Gasteiger partial charge on any atom is 0.350 e. The quantitative estimate of drug-likeness (QED) is 0.476. The van der Waals surface area contributed by atoms with Crippen molar-refractivity contribution in [2.75, 3.05) is 27.9 Å². The molecule has 134 valence electrons. The van der Waals surface area contributed by atoms with E-state index in [9.17, 15) is 19.7 Å². The molecule has 0 saturated carbocycles. The van der Waals surface area contributed by atoms with Gasteiger partial charge in [0.25, 0.3) is 0 Å². The van der Waals surface area contributed by atoms with Gasteiger partial charge in [0.1, 0.15) is 18.3 Å². The third-order valence-electron chi connectivity index (χ3n) is 3.92. The lowest BCUT2D eigenvalue weighted by molar-refractivity contribution is -0.387. The average molecular weight is 345 g/mol. The van der Waals surface area contributed by atoms with Crippen LogP contribution in [0.2, 0.25) is 0 Å². The summed E-state index contributed by atoms with van der Waals surface area (Å²) in [5.74, 6) is 0. The first-order valence-electron chi connectivity index (χ1n) is 7.03. The number of hydrogen-bond donors (Lipinski definition) is 0. The highest BCUT2D eigenvalue weighted by molar-refractivity contribution is 5.22. The topological polar surface area (TPSA) is 124 Å². The van der Waals surface area contributed by atoms with Crippen LogP contribution in [-0.2, 0) is 26.0 Å². The van der Waals surface area contributed by atoms with Crippen LogP contribution in [0, 0.1) is 10.1 Å². The molecule has 2 rings (SSSR count). The Balaban J connectivity index is 2.56. The second-order valence-electron chi connectivity index (χ2n) is 5.25. The van der Waals surface area contributed by atoms with Crippen molar-refractivity contribution in [1.29, 1.82) is 0 Å². The van der Waals surface area contributed by atoms with Gasteiger partial charge in [-0.2, -0.15) is 0 Å². The molecule has 1 aliphatic heterocycles. The van der Waals surface area contributed by atoms with Gasteiger partial charge in [-0.05, 0) is 0 Å². The van der Waals surface area contributed by atoms with Crippen LogP contribution in [0.5, 0.6) is 0 Å². The van der Waals surface area contributed by atoms with Crippen LogP contribution in [-0.4, -0.2) is 60.3 Å². The Bertz CT molecular complexity index is 727. The number of methoxy groups -OCH3 is 3. The van der Waals surface area contributed by atoms with Gasteiger partial charge in [0.15, 0.2) is 6.23 Å². The van der Waals surface area contributed by atoms with Crippen molar-refractivity contribution in [3.63, 3.8) is 0 Å². The number of hydrogen-bond acceptors (Lipinski definition) is 8. The Morgan fingerprint density at radius 1 is 1.25 bits per heavy atom. The van der Waals surface area contributed by atoms with Gasteiger partial charge >= 0.3 is 16.9 Å². The van der Waals surface area contributed by atoms with Gasteiger partial charge in [0.2, 0.25) is 0 Å². The highest BCUT2D eigenvalue weighted by Gasteiger charge is 2.47. The SMILES string of the molecule is COC[C@H]1O[C@@H](n2cc([N+](=O)[O-])c(=O)n(C)c2=O)[C@H](OC)[C@@H]1OC. The molecule has 11 nitrogen and oxygen atoms in total. The smallest absolute Gasteiger partial charge is 0.350 e. The second-order valence-corrected chi connectivity index (χ2v) is 5.25. The van der Waals surface area contributed by atoms with E-state index in [0.29, 0.717) is 4.57 Å². The van der Waals surface area contributed by atoms with Crippen molar-refractivity contribution in [2.24, 2.45) is 7.05 Å². The molecule has 11 heteroatoms. The van der Waals surface area contributed by atoms with Gasteiger partial charge < -0.3 is 18.9 Å². The summed E-state index contributed by atoms with van der Waals surface area (Å²) < 4.78 is 23.2. The van der Waals surface area contributed by atoms with Crippen LogP contribution < -0.4 is 11.2 Å². The van der Waals surface area contributed by atoms with Crippen LogP contribution in [0.1, 0.15) is 6.23 Å². The summed E-state index contributed by atoms with van der Waals surface area (Å²) in [6.07, 6.45) is -1.95. The Morgan fingerprint density at radius 3 is 2.38 bits per heavy atom. The monoisotopic (exact) mass is 345 g/mol. The lowest BCUT2D eigenvalue weighted by Crippen LogP contribution is -2.43. The van der Waals surface area contributed by atoms with Crippen molar-refractivity contribution in [2.45, 2.75) is 24.5 Å². The number of nitro groups is 1. The second kappa shape index (κ2) is 7.21. The van der Waals surface area contributed by atoms with Crippen LogP contribution in [0.25, 0.3) is 0 Å². The third kappa shape index (κ3) is 2.98. The predicted octanol–water partition coefficient (Wildman–Crippen LogP) is -0.971. The number of rotatable bonds is 6. The van der Waals surface area contributed by atoms with E-state index in [1.807, 2.05) is 0 Å². The molecule has 0 aliphatic carbocycles. The molecule has 0 unspecified atom stereocenters. The van der Waals surface area contributed by atoms with E-state index >= 15 is 0 Å². The molecule has 1 fully saturated rings. The van der Waals surface area contributed by atoms with Crippen LogP contribution >= 0.6 is 0 Å². The summed E-state index contributed by atoms with van der Waals surface area (Å²) in [7, 11) is 5.50. The van der Waals surface area contributed by atoms with E-state index in [0.717, 1.165) is 17.8 Å². The van der Waals surface area contributed by atoms with Crippen molar-refractivity contribution < 1.29 is 23.9 Å². The largest absolute Gasteiger partial charge is 0.382 e. The lowest BCUT2D eigenvalue weighted by Gasteiger charge is -2.22. The van der Waals surface area contributed by atoms with Crippen molar-refractivity contribution >= 4 is 5.69 Å². The summed E-state index contributed by atoms with van der Waals surface area (Å²) in [4.78, 5) is 34.4. The Hall–Kier alpha value is -2.08. The molecular weight excluding hydrogens is 326 g/mol. The van der Waals surface area contributed by atoms with Crippen molar-refractivity contribution in [3.05, 3.63) is 37.1 Å². The lowest BCUT2D eigenvalue weighted by atomic mass is 10.1. The molecule has 1 aromatic heterocycles. The zero-order valence-electron chi connectivity index (χ0n) is 13.7. The summed E-state index contributed by atoms with van der Waals surface area (Å²) in [5, 5.41) is 11.1. The molecule has 0 amide bonds. The molecule has 24 heavy (non-hydrogen) atoms. The number of aromatic nitrogens is 2. The van der Waals surface area contributed by atoms with E-state index in [-0.39, 0.29) is 6.61 Å². The van der Waals surface area contributed by atoms with E-state index in [1.165, 1.54) is 21.3 Å². The molecular formula is C13H19N3O8. The Kier molecular flexibility index (Phi) is 5.49. The molecule has 1 saturated heterocycles. The zero-order valence-corrected chi connectivity index (χ0v) is 13.7. The molecule has 1 aliphatic rings. The van der Waals surface area contributed by atoms with Gasteiger partial charge in [0, 0.05) is 28.4 Å². The summed E-state index contributed by atoms with van der Waals surface area (Å²) >= 11 is 0. The molecule has 2 heterocycles. The Labute approximate surface area is 136 Å². The first kappa shape index (κ1) is 18.3. The molecule has 0 aromatic carbocycles. The third-order valence-corrected chi connectivity index (χ3v) is 3.92. The summed E-state index contributed by atoms with van der Waals surface area (Å²) in [5.41, 5.74) is -2.49. The standard InChI is InChI=1S/C13H19N3O8/c1-14-11(17)7(16(19)20)5-15(13(14)18)12-10(23-4)9(22-3)8(24-12)6-21-2/h5,8-10,12H,6H2,1-4H3/t8-,9-,10-,12-/m1/s1. The first-order chi connectivity index (χ1) is 11.4. The molecule has 1 aromatic rings. The van der Waals surface area contributed by atoms with Gasteiger partial charge in [-0.3, -0.25) is 24.0 Å². The normalized spacial score (nSPS) is 26.7. The van der Waals surface area contributed by atoms with E-state index in [1.54, 1.807) is 0 Å². The fourth-order valence-electron chi connectivity index (χ4n) is 2.75. The highest BCUT2D eigenvalue weighted by atomic mass is 16.6. The minimum absolute atomic E-state index is 0.178. The zero-order chi connectivity index (χ0) is 18.0. The van der Waals surface area contributed by atoms with Gasteiger partial charge in [-0.25, -0.2) is 4.79 Å². The van der Waals surface area contributed by atoms with Crippen LogP contribution in [0.4, 0.5) is 5.69 Å². The van der Waals surface area contributed by atoms with Crippen molar-refractivity contribution in [1.82, 2.24) is 9.13 Å². The predicted molar refractivity (Wildman–Crippen MR) is 80.0 cm³/mol. The van der Waals surface area contributed by atoms with E-state index < -0.39 is 46.4 Å². The van der Waals surface area contributed by atoms with Gasteiger partial charge in [0.05, 0.1) is 17.7 Å². The van der Waals surface area contributed by atoms with E-state index in [2.05, 4.69) is 0 Å². The van der Waals surface area contributed by atoms with Crippen LogP contribution in [0.3, 0.4) is 0 Å². The van der Waals surface area contributed by atoms with Gasteiger partial charge in [-0.15, -0.1) is 0 Å². The number of nitrogens with zero attached hydrogens (tertiary/aromatic N) is 3. The van der Waals surface area contributed by atoms with Crippen LogP contribution in [0.15, 0.2) is 15.8 Å². The average Bonchev–Trinajstić information content (AvgIpc) is 2.90. The summed E-state index contributed by atoms with van der Waals surface area (Å²) in [6.45, 7) is 0.178.